The van der Waals surface area contributed by atoms with Crippen LogP contribution in [0, 0.1) is 11.8 Å². The molecule has 1 aromatic rings. The van der Waals surface area contributed by atoms with Gasteiger partial charge in [-0.25, -0.2) is 4.98 Å². The molecule has 1 aliphatic rings. The Kier molecular flexibility index (Phi) is 3.44. The quantitative estimate of drug-likeness (QED) is 0.849. The van der Waals surface area contributed by atoms with Gasteiger partial charge >= 0.3 is 6.18 Å². The molecule has 0 saturated heterocycles. The predicted octanol–water partition coefficient (Wildman–Crippen LogP) is 3.77. The van der Waals surface area contributed by atoms with Gasteiger partial charge < -0.3 is 5.73 Å². The molecule has 18 heavy (non-hydrogen) atoms. The van der Waals surface area contributed by atoms with E-state index in [-0.39, 0.29) is 0 Å². The highest BCUT2D eigenvalue weighted by molar-refractivity contribution is 7.11. The fourth-order valence-corrected chi connectivity index (χ4v) is 3.43. The Balaban J connectivity index is 2.23. The zero-order valence-electron chi connectivity index (χ0n) is 10.4. The standard InChI is InChI=1S/C12H17F3N2S/c1-7-3-4-11(16,5-8(7)2)9-6-17-10(18-9)12(13,14)15/h6-8H,3-5,16H2,1-2H3. The number of aromatic nitrogens is 1. The summed E-state index contributed by atoms with van der Waals surface area (Å²) < 4.78 is 37.6. The SMILES string of the molecule is CC1CCC(N)(c2cnc(C(F)(F)F)s2)CC1C. The van der Waals surface area contributed by atoms with E-state index in [0.717, 1.165) is 19.3 Å². The van der Waals surface area contributed by atoms with Crippen molar-refractivity contribution in [1.29, 1.82) is 0 Å². The highest BCUT2D eigenvalue weighted by atomic mass is 32.1. The summed E-state index contributed by atoms with van der Waals surface area (Å²) in [5, 5.41) is -0.798. The average molecular weight is 278 g/mol. The predicted molar refractivity (Wildman–Crippen MR) is 65.2 cm³/mol. The summed E-state index contributed by atoms with van der Waals surface area (Å²) in [5.74, 6) is 1.01. The van der Waals surface area contributed by atoms with Crippen LogP contribution < -0.4 is 5.73 Å². The molecule has 102 valence electrons. The van der Waals surface area contributed by atoms with Gasteiger partial charge in [0.1, 0.15) is 0 Å². The normalized spacial score (nSPS) is 33.7. The molecule has 2 N–H and O–H groups in total. The lowest BCUT2D eigenvalue weighted by atomic mass is 9.71. The van der Waals surface area contributed by atoms with Crippen molar-refractivity contribution >= 4 is 11.3 Å². The molecule has 6 heteroatoms. The second-order valence-electron chi connectivity index (χ2n) is 5.38. The van der Waals surface area contributed by atoms with E-state index in [1.54, 1.807) is 0 Å². The van der Waals surface area contributed by atoms with E-state index in [0.29, 0.717) is 28.0 Å². The van der Waals surface area contributed by atoms with Gasteiger partial charge in [-0.3, -0.25) is 0 Å². The van der Waals surface area contributed by atoms with Crippen molar-refractivity contribution in [3.8, 4) is 0 Å². The molecule has 1 aromatic heterocycles. The minimum Gasteiger partial charge on any atom is -0.321 e. The molecular weight excluding hydrogens is 261 g/mol. The Hall–Kier alpha value is -0.620. The van der Waals surface area contributed by atoms with Gasteiger partial charge in [0, 0.05) is 11.1 Å². The van der Waals surface area contributed by atoms with E-state index in [9.17, 15) is 13.2 Å². The first kappa shape index (κ1) is 13.8. The van der Waals surface area contributed by atoms with Crippen LogP contribution in [-0.2, 0) is 11.7 Å². The molecule has 0 spiro atoms. The summed E-state index contributed by atoms with van der Waals surface area (Å²) in [4.78, 5) is 4.03. The summed E-state index contributed by atoms with van der Waals surface area (Å²) in [7, 11) is 0. The monoisotopic (exact) mass is 278 g/mol. The Morgan fingerprint density at radius 3 is 2.56 bits per heavy atom. The number of nitrogens with zero attached hydrogens (tertiary/aromatic N) is 1. The van der Waals surface area contributed by atoms with Gasteiger partial charge in [-0.15, -0.1) is 11.3 Å². The molecule has 3 atom stereocenters. The number of halogens is 3. The summed E-state index contributed by atoms with van der Waals surface area (Å²) in [6, 6.07) is 0. The minimum atomic E-state index is -4.37. The van der Waals surface area contributed by atoms with E-state index >= 15 is 0 Å². The number of rotatable bonds is 1. The fraction of sp³-hybridized carbons (Fsp3) is 0.750. The van der Waals surface area contributed by atoms with Gasteiger partial charge in [0.05, 0.1) is 5.54 Å². The van der Waals surface area contributed by atoms with Crippen LogP contribution in [0.2, 0.25) is 0 Å². The van der Waals surface area contributed by atoms with Crippen molar-refractivity contribution in [1.82, 2.24) is 4.98 Å². The average Bonchev–Trinajstić information content (AvgIpc) is 2.73. The zero-order valence-corrected chi connectivity index (χ0v) is 11.2. The first-order valence-corrected chi connectivity index (χ1v) is 6.86. The maximum Gasteiger partial charge on any atom is 0.443 e. The van der Waals surface area contributed by atoms with Crippen LogP contribution in [0.1, 0.15) is 43.0 Å². The van der Waals surface area contributed by atoms with Crippen molar-refractivity contribution < 1.29 is 13.2 Å². The van der Waals surface area contributed by atoms with Crippen molar-refractivity contribution in [3.05, 3.63) is 16.1 Å². The number of hydrogen-bond donors (Lipinski definition) is 1. The molecule has 3 unspecified atom stereocenters. The molecule has 0 aliphatic heterocycles. The van der Waals surface area contributed by atoms with E-state index < -0.39 is 16.7 Å². The van der Waals surface area contributed by atoms with Crippen molar-refractivity contribution in [2.24, 2.45) is 17.6 Å². The van der Waals surface area contributed by atoms with Gasteiger partial charge in [-0.1, -0.05) is 13.8 Å². The molecule has 1 heterocycles. The van der Waals surface area contributed by atoms with Crippen molar-refractivity contribution in [2.75, 3.05) is 0 Å². The molecule has 1 fully saturated rings. The van der Waals surface area contributed by atoms with Crippen LogP contribution in [-0.4, -0.2) is 4.98 Å². The number of nitrogens with two attached hydrogens (primary N) is 1. The molecule has 2 rings (SSSR count). The third kappa shape index (κ3) is 2.54. The lowest BCUT2D eigenvalue weighted by Gasteiger charge is -2.39. The lowest BCUT2D eigenvalue weighted by Crippen LogP contribution is -2.42. The fourth-order valence-electron chi connectivity index (χ4n) is 2.51. The first-order valence-electron chi connectivity index (χ1n) is 6.05. The molecule has 0 radical (unpaired) electrons. The minimum absolute atomic E-state index is 0.431. The highest BCUT2D eigenvalue weighted by Crippen LogP contribution is 2.44. The summed E-state index contributed by atoms with van der Waals surface area (Å²) in [6.45, 7) is 4.27. The Labute approximate surface area is 108 Å². The number of thiazole rings is 1. The Morgan fingerprint density at radius 2 is 2.06 bits per heavy atom. The first-order chi connectivity index (χ1) is 8.22. The van der Waals surface area contributed by atoms with Gasteiger partial charge in [0.25, 0.3) is 0 Å². The van der Waals surface area contributed by atoms with Crippen LogP contribution in [0.5, 0.6) is 0 Å². The molecule has 0 aromatic carbocycles. The van der Waals surface area contributed by atoms with Crippen molar-refractivity contribution in [3.63, 3.8) is 0 Å². The van der Waals surface area contributed by atoms with Crippen LogP contribution >= 0.6 is 11.3 Å². The molecule has 2 nitrogen and oxygen atoms in total. The molecular formula is C12H17F3N2S. The topological polar surface area (TPSA) is 38.9 Å². The largest absolute Gasteiger partial charge is 0.443 e. The summed E-state index contributed by atoms with van der Waals surface area (Å²) >= 11 is 0.687. The zero-order chi connectivity index (χ0) is 13.6. The smallest absolute Gasteiger partial charge is 0.321 e. The highest BCUT2D eigenvalue weighted by Gasteiger charge is 2.40. The summed E-state index contributed by atoms with van der Waals surface area (Å²) in [5.41, 5.74) is 5.66. The van der Waals surface area contributed by atoms with Gasteiger partial charge in [0.2, 0.25) is 0 Å². The third-order valence-corrected chi connectivity index (χ3v) is 5.20. The maximum atomic E-state index is 12.5. The lowest BCUT2D eigenvalue weighted by molar-refractivity contribution is -0.137. The van der Waals surface area contributed by atoms with Crippen molar-refractivity contribution in [2.45, 2.75) is 44.8 Å². The molecule has 1 saturated carbocycles. The van der Waals surface area contributed by atoms with Gasteiger partial charge in [-0.05, 0) is 31.1 Å². The molecule has 0 amide bonds. The summed E-state index contributed by atoms with van der Waals surface area (Å²) in [6.07, 6.45) is -0.647. The van der Waals surface area contributed by atoms with E-state index in [2.05, 4.69) is 18.8 Å². The van der Waals surface area contributed by atoms with Crippen LogP contribution in [0.25, 0.3) is 0 Å². The third-order valence-electron chi connectivity index (χ3n) is 3.94. The number of alkyl halides is 3. The van der Waals surface area contributed by atoms with Crippen LogP contribution in [0.3, 0.4) is 0 Å². The number of hydrogen-bond acceptors (Lipinski definition) is 3. The Bertz CT molecular complexity index is 429. The van der Waals surface area contributed by atoms with Gasteiger partial charge in [0.15, 0.2) is 5.01 Å². The Morgan fingerprint density at radius 1 is 1.39 bits per heavy atom. The molecule has 0 bridgehead atoms. The second kappa shape index (κ2) is 4.49. The van der Waals surface area contributed by atoms with Gasteiger partial charge in [-0.2, -0.15) is 13.2 Å². The maximum absolute atomic E-state index is 12.5. The second-order valence-corrected chi connectivity index (χ2v) is 6.41. The van der Waals surface area contributed by atoms with E-state index in [1.807, 2.05) is 0 Å². The van der Waals surface area contributed by atoms with Crippen LogP contribution in [0.4, 0.5) is 13.2 Å². The molecule has 1 aliphatic carbocycles. The van der Waals surface area contributed by atoms with E-state index in [4.69, 9.17) is 5.73 Å². The van der Waals surface area contributed by atoms with E-state index in [1.165, 1.54) is 6.20 Å². The van der Waals surface area contributed by atoms with Crippen LogP contribution in [0.15, 0.2) is 6.20 Å².